The number of rotatable bonds is 6. The van der Waals surface area contributed by atoms with Gasteiger partial charge in [-0.2, -0.15) is 0 Å². The molecular formula is C17H20N4O3S. The molecule has 0 radical (unpaired) electrons. The minimum absolute atomic E-state index is 0.126. The molecule has 2 aromatic rings. The van der Waals surface area contributed by atoms with Crippen LogP contribution in [0.3, 0.4) is 0 Å². The number of anilines is 2. The molecule has 1 heterocycles. The predicted octanol–water partition coefficient (Wildman–Crippen LogP) is 2.33. The average molecular weight is 360 g/mol. The van der Waals surface area contributed by atoms with Gasteiger partial charge in [-0.3, -0.25) is 14.4 Å². The Morgan fingerprint density at radius 1 is 1.16 bits per heavy atom. The summed E-state index contributed by atoms with van der Waals surface area (Å²) < 4.78 is 0. The van der Waals surface area contributed by atoms with Crippen molar-refractivity contribution in [1.29, 1.82) is 0 Å². The van der Waals surface area contributed by atoms with Gasteiger partial charge in [0.25, 0.3) is 5.56 Å². The molecule has 0 aliphatic heterocycles. The third-order valence-electron chi connectivity index (χ3n) is 3.38. The number of H-pyrrole nitrogens is 1. The van der Waals surface area contributed by atoms with Gasteiger partial charge in [0, 0.05) is 29.6 Å². The van der Waals surface area contributed by atoms with E-state index in [1.54, 1.807) is 31.2 Å². The lowest BCUT2D eigenvalue weighted by atomic mass is 10.2. The van der Waals surface area contributed by atoms with Crippen molar-refractivity contribution in [2.24, 2.45) is 0 Å². The van der Waals surface area contributed by atoms with Gasteiger partial charge in [0.1, 0.15) is 0 Å². The first-order valence-corrected chi connectivity index (χ1v) is 8.77. The van der Waals surface area contributed by atoms with E-state index in [4.69, 9.17) is 0 Å². The van der Waals surface area contributed by atoms with E-state index in [0.29, 0.717) is 34.2 Å². The quantitative estimate of drug-likeness (QED) is 0.542. The van der Waals surface area contributed by atoms with Crippen LogP contribution in [0.1, 0.15) is 25.1 Å². The van der Waals surface area contributed by atoms with Gasteiger partial charge in [-0.05, 0) is 37.6 Å². The van der Waals surface area contributed by atoms with Crippen molar-refractivity contribution in [1.82, 2.24) is 9.97 Å². The maximum atomic E-state index is 12.0. The van der Waals surface area contributed by atoms with Gasteiger partial charge in [0.15, 0.2) is 5.16 Å². The minimum Gasteiger partial charge on any atom is -0.326 e. The normalized spacial score (nSPS) is 10.4. The number of aromatic amines is 1. The SMILES string of the molecule is CCc1c(C)nc(SCC(=O)Nc2ccc(NC(C)=O)cc2)[nH]c1=O. The van der Waals surface area contributed by atoms with Crippen molar-refractivity contribution < 1.29 is 9.59 Å². The lowest BCUT2D eigenvalue weighted by Crippen LogP contribution is -2.18. The van der Waals surface area contributed by atoms with Crippen molar-refractivity contribution in [3.8, 4) is 0 Å². The molecule has 3 N–H and O–H groups in total. The van der Waals surface area contributed by atoms with Crippen LogP contribution in [0.25, 0.3) is 0 Å². The molecule has 0 fully saturated rings. The number of carbonyl (C=O) groups excluding carboxylic acids is 2. The summed E-state index contributed by atoms with van der Waals surface area (Å²) >= 11 is 1.17. The smallest absolute Gasteiger partial charge is 0.254 e. The van der Waals surface area contributed by atoms with E-state index in [2.05, 4.69) is 20.6 Å². The van der Waals surface area contributed by atoms with Crippen LogP contribution < -0.4 is 16.2 Å². The van der Waals surface area contributed by atoms with Gasteiger partial charge in [-0.25, -0.2) is 4.98 Å². The Morgan fingerprint density at radius 3 is 2.28 bits per heavy atom. The molecule has 2 amide bonds. The Labute approximate surface area is 149 Å². The summed E-state index contributed by atoms with van der Waals surface area (Å²) in [6.07, 6.45) is 0.619. The number of nitrogens with zero attached hydrogens (tertiary/aromatic N) is 1. The Bertz CT molecular complexity index is 831. The number of hydrogen-bond acceptors (Lipinski definition) is 5. The van der Waals surface area contributed by atoms with E-state index in [1.165, 1.54) is 18.7 Å². The molecular weight excluding hydrogens is 340 g/mol. The molecule has 1 aromatic heterocycles. The Kier molecular flexibility index (Phi) is 6.35. The molecule has 8 heteroatoms. The van der Waals surface area contributed by atoms with E-state index >= 15 is 0 Å². The van der Waals surface area contributed by atoms with Crippen LogP contribution in [0.15, 0.2) is 34.2 Å². The summed E-state index contributed by atoms with van der Waals surface area (Å²) in [6, 6.07) is 6.81. The number of carbonyl (C=O) groups is 2. The van der Waals surface area contributed by atoms with Gasteiger partial charge < -0.3 is 15.6 Å². The third kappa shape index (κ3) is 5.46. The zero-order valence-electron chi connectivity index (χ0n) is 14.3. The Balaban J connectivity index is 1.92. The molecule has 1 aromatic carbocycles. The van der Waals surface area contributed by atoms with E-state index in [9.17, 15) is 14.4 Å². The zero-order valence-corrected chi connectivity index (χ0v) is 15.1. The molecule has 7 nitrogen and oxygen atoms in total. The average Bonchev–Trinajstić information content (AvgIpc) is 2.54. The highest BCUT2D eigenvalue weighted by molar-refractivity contribution is 7.99. The summed E-state index contributed by atoms with van der Waals surface area (Å²) in [7, 11) is 0. The number of benzene rings is 1. The fourth-order valence-electron chi connectivity index (χ4n) is 2.24. The highest BCUT2D eigenvalue weighted by Gasteiger charge is 2.09. The number of aryl methyl sites for hydroxylation is 1. The first kappa shape index (κ1) is 18.7. The second kappa shape index (κ2) is 8.48. The maximum Gasteiger partial charge on any atom is 0.254 e. The third-order valence-corrected chi connectivity index (χ3v) is 4.26. The zero-order chi connectivity index (χ0) is 18.4. The van der Waals surface area contributed by atoms with Crippen LogP contribution in [0.4, 0.5) is 11.4 Å². The maximum absolute atomic E-state index is 12.0. The number of hydrogen-bond donors (Lipinski definition) is 3. The number of thioether (sulfide) groups is 1. The van der Waals surface area contributed by atoms with Gasteiger partial charge in [0.05, 0.1) is 5.75 Å². The molecule has 0 bridgehead atoms. The summed E-state index contributed by atoms with van der Waals surface area (Å²) in [5, 5.41) is 5.83. The molecule has 0 spiro atoms. The predicted molar refractivity (Wildman–Crippen MR) is 99.1 cm³/mol. The van der Waals surface area contributed by atoms with Crippen molar-refractivity contribution in [2.45, 2.75) is 32.3 Å². The van der Waals surface area contributed by atoms with Crippen molar-refractivity contribution in [3.05, 3.63) is 45.9 Å². The largest absolute Gasteiger partial charge is 0.326 e. The molecule has 0 saturated carbocycles. The van der Waals surface area contributed by atoms with Crippen LogP contribution in [0, 0.1) is 6.92 Å². The fraction of sp³-hybridized carbons (Fsp3) is 0.294. The Morgan fingerprint density at radius 2 is 1.76 bits per heavy atom. The second-order valence-electron chi connectivity index (χ2n) is 5.38. The number of nitrogens with one attached hydrogen (secondary N) is 3. The molecule has 0 unspecified atom stereocenters. The molecule has 0 aliphatic carbocycles. The Hall–Kier alpha value is -2.61. The van der Waals surface area contributed by atoms with Gasteiger partial charge in [0.2, 0.25) is 11.8 Å². The minimum atomic E-state index is -0.211. The first-order valence-electron chi connectivity index (χ1n) is 7.79. The van der Waals surface area contributed by atoms with E-state index in [0.717, 1.165) is 0 Å². The van der Waals surface area contributed by atoms with Crippen LogP contribution in [-0.4, -0.2) is 27.5 Å². The van der Waals surface area contributed by atoms with Crippen molar-refractivity contribution in [3.63, 3.8) is 0 Å². The lowest BCUT2D eigenvalue weighted by Gasteiger charge is -2.07. The lowest BCUT2D eigenvalue weighted by molar-refractivity contribution is -0.114. The highest BCUT2D eigenvalue weighted by atomic mass is 32.2. The van der Waals surface area contributed by atoms with Crippen LogP contribution >= 0.6 is 11.8 Å². The van der Waals surface area contributed by atoms with Crippen molar-refractivity contribution in [2.75, 3.05) is 16.4 Å². The number of aromatic nitrogens is 2. The molecule has 2 rings (SSSR count). The van der Waals surface area contributed by atoms with Crippen LogP contribution in [0.5, 0.6) is 0 Å². The second-order valence-corrected chi connectivity index (χ2v) is 6.35. The van der Waals surface area contributed by atoms with Gasteiger partial charge >= 0.3 is 0 Å². The summed E-state index contributed by atoms with van der Waals surface area (Å²) in [5.74, 6) is -0.238. The van der Waals surface area contributed by atoms with Gasteiger partial charge in [-0.15, -0.1) is 0 Å². The van der Waals surface area contributed by atoms with E-state index < -0.39 is 0 Å². The fourth-order valence-corrected chi connectivity index (χ4v) is 2.95. The van der Waals surface area contributed by atoms with Crippen molar-refractivity contribution >= 4 is 35.0 Å². The number of amides is 2. The van der Waals surface area contributed by atoms with Gasteiger partial charge in [-0.1, -0.05) is 18.7 Å². The molecule has 0 aliphatic rings. The van der Waals surface area contributed by atoms with E-state index in [1.807, 2.05) is 6.92 Å². The summed E-state index contributed by atoms with van der Waals surface area (Å²) in [5.41, 5.74) is 2.47. The highest BCUT2D eigenvalue weighted by Crippen LogP contribution is 2.16. The molecule has 0 saturated heterocycles. The standard InChI is InChI=1S/C17H20N4O3S/c1-4-14-10(2)18-17(21-16(14)24)25-9-15(23)20-13-7-5-12(6-8-13)19-11(3)22/h5-8H,4,9H2,1-3H3,(H,19,22)(H,20,23)(H,18,21,24). The molecule has 0 atom stereocenters. The van der Waals surface area contributed by atoms with Crippen LogP contribution in [-0.2, 0) is 16.0 Å². The topological polar surface area (TPSA) is 104 Å². The molecule has 132 valence electrons. The summed E-state index contributed by atoms with van der Waals surface area (Å²) in [4.78, 5) is 41.9. The van der Waals surface area contributed by atoms with Crippen LogP contribution in [0.2, 0.25) is 0 Å². The first-order chi connectivity index (χ1) is 11.9. The van der Waals surface area contributed by atoms with E-state index in [-0.39, 0.29) is 23.1 Å². The summed E-state index contributed by atoms with van der Waals surface area (Å²) in [6.45, 7) is 5.12. The molecule has 25 heavy (non-hydrogen) atoms. The monoisotopic (exact) mass is 360 g/mol.